The van der Waals surface area contributed by atoms with Gasteiger partial charge < -0.3 is 14.2 Å². The second kappa shape index (κ2) is 67.1. The predicted octanol–water partition coefficient (Wildman–Crippen LogP) is 23.4. The molecule has 0 amide bonds. The van der Waals surface area contributed by atoms with Gasteiger partial charge in [0.15, 0.2) is 6.10 Å². The van der Waals surface area contributed by atoms with Gasteiger partial charge in [0.1, 0.15) is 13.2 Å². The first-order chi connectivity index (χ1) is 39.0. The minimum Gasteiger partial charge on any atom is -0.462 e. The maximum absolute atomic E-state index is 12.9. The SMILES string of the molecule is CC/C=C\C/C=C\C/C=C\C/C=C\C/C=C\CCCCCCCC(=O)OC(COC(=O)CCCCCCCCC/C=C\C/C=C\CCCCC)COC(=O)CCCCCCCCCCCCCCCCCCCCCCCCC. The zero-order chi connectivity index (χ0) is 57.1. The Bertz CT molecular complexity index is 1500. The lowest BCUT2D eigenvalue weighted by atomic mass is 10.0. The van der Waals surface area contributed by atoms with Crippen molar-refractivity contribution in [1.82, 2.24) is 0 Å². The van der Waals surface area contributed by atoms with E-state index in [2.05, 4.69) is 106 Å². The molecular weight excluding hydrogens is 973 g/mol. The van der Waals surface area contributed by atoms with Crippen LogP contribution in [0, 0.1) is 0 Å². The summed E-state index contributed by atoms with van der Waals surface area (Å²) in [6, 6.07) is 0. The number of esters is 3. The Morgan fingerprint density at radius 3 is 0.797 bits per heavy atom. The third-order valence-electron chi connectivity index (χ3n) is 14.9. The lowest BCUT2D eigenvalue weighted by molar-refractivity contribution is -0.167. The van der Waals surface area contributed by atoms with Gasteiger partial charge in [-0.05, 0) is 96.3 Å². The van der Waals surface area contributed by atoms with Gasteiger partial charge in [0.05, 0.1) is 0 Å². The van der Waals surface area contributed by atoms with Crippen molar-refractivity contribution in [2.45, 2.75) is 348 Å². The van der Waals surface area contributed by atoms with Gasteiger partial charge in [-0.1, -0.05) is 311 Å². The van der Waals surface area contributed by atoms with Crippen LogP contribution in [0.1, 0.15) is 342 Å². The molecule has 6 nitrogen and oxygen atoms in total. The van der Waals surface area contributed by atoms with E-state index < -0.39 is 6.10 Å². The van der Waals surface area contributed by atoms with E-state index in [1.54, 1.807) is 0 Å². The van der Waals surface area contributed by atoms with Gasteiger partial charge in [0.2, 0.25) is 0 Å². The van der Waals surface area contributed by atoms with Gasteiger partial charge in [-0.2, -0.15) is 0 Å². The molecule has 0 saturated heterocycles. The van der Waals surface area contributed by atoms with Crippen molar-refractivity contribution in [3.8, 4) is 0 Å². The fourth-order valence-corrected chi connectivity index (χ4v) is 9.80. The molecule has 0 bridgehead atoms. The highest BCUT2D eigenvalue weighted by molar-refractivity contribution is 5.71. The Hall–Kier alpha value is -3.41. The van der Waals surface area contributed by atoms with Crippen LogP contribution in [0.4, 0.5) is 0 Å². The topological polar surface area (TPSA) is 78.9 Å². The van der Waals surface area contributed by atoms with E-state index in [-0.39, 0.29) is 31.1 Å². The number of allylic oxidation sites excluding steroid dienone is 14. The van der Waals surface area contributed by atoms with Gasteiger partial charge in [0.25, 0.3) is 0 Å². The van der Waals surface area contributed by atoms with Crippen molar-refractivity contribution in [3.63, 3.8) is 0 Å². The average molecular weight is 1100 g/mol. The fraction of sp³-hybridized carbons (Fsp3) is 0.767. The summed E-state index contributed by atoms with van der Waals surface area (Å²) in [5.41, 5.74) is 0. The molecule has 0 aromatic carbocycles. The number of rotatable bonds is 62. The van der Waals surface area contributed by atoms with Crippen molar-refractivity contribution in [1.29, 1.82) is 0 Å². The van der Waals surface area contributed by atoms with Crippen molar-refractivity contribution in [3.05, 3.63) is 85.1 Å². The van der Waals surface area contributed by atoms with Crippen molar-refractivity contribution < 1.29 is 28.6 Å². The summed E-state index contributed by atoms with van der Waals surface area (Å²) in [6.07, 6.45) is 88.8. The molecule has 456 valence electrons. The van der Waals surface area contributed by atoms with Gasteiger partial charge >= 0.3 is 17.9 Å². The maximum Gasteiger partial charge on any atom is 0.306 e. The lowest BCUT2D eigenvalue weighted by Crippen LogP contribution is -2.30. The summed E-state index contributed by atoms with van der Waals surface area (Å²) < 4.78 is 17.0. The fourth-order valence-electron chi connectivity index (χ4n) is 9.80. The van der Waals surface area contributed by atoms with E-state index in [0.717, 1.165) is 122 Å². The van der Waals surface area contributed by atoms with E-state index in [1.807, 2.05) is 0 Å². The van der Waals surface area contributed by atoms with Crippen LogP contribution >= 0.6 is 0 Å². The first-order valence-electron chi connectivity index (χ1n) is 34.1. The standard InChI is InChI=1S/C73H128O6/c1-4-7-10-13-16-19-22-25-28-31-33-35-36-38-39-42-45-48-51-54-57-60-63-66-72(75)78-69-70(68-77-71(74)65-62-59-56-53-50-47-44-41-30-27-24-21-18-15-12-9-6-3)79-73(76)67-64-61-58-55-52-49-46-43-40-37-34-32-29-26-23-20-17-14-11-8-5-2/h8,11,17-18,20-21,26-27,29-30,34,37,43,46,70H,4-7,9-10,12-16,19,22-25,28,31-33,35-36,38-42,44-45,47-69H2,1-3H3/b11-8-,20-17-,21-18-,29-26-,30-27-,37-34-,46-43-. The normalized spacial score (nSPS) is 12.6. The molecule has 79 heavy (non-hydrogen) atoms. The molecule has 0 aliphatic carbocycles. The third-order valence-corrected chi connectivity index (χ3v) is 14.9. The molecule has 1 atom stereocenters. The Morgan fingerprint density at radius 1 is 0.266 bits per heavy atom. The molecule has 0 rings (SSSR count). The maximum atomic E-state index is 12.9. The second-order valence-electron chi connectivity index (χ2n) is 22.7. The van der Waals surface area contributed by atoms with E-state index in [9.17, 15) is 14.4 Å². The highest BCUT2D eigenvalue weighted by Crippen LogP contribution is 2.17. The summed E-state index contributed by atoms with van der Waals surface area (Å²) in [5.74, 6) is -0.894. The van der Waals surface area contributed by atoms with Crippen LogP contribution in [0.2, 0.25) is 0 Å². The predicted molar refractivity (Wildman–Crippen MR) is 344 cm³/mol. The number of hydrogen-bond donors (Lipinski definition) is 0. The number of carbonyl (C=O) groups is 3. The molecule has 0 aromatic rings. The summed E-state index contributed by atoms with van der Waals surface area (Å²) in [6.45, 7) is 6.53. The monoisotopic (exact) mass is 1100 g/mol. The molecular formula is C73H128O6. The van der Waals surface area contributed by atoms with Crippen LogP contribution in [0.25, 0.3) is 0 Å². The molecule has 0 heterocycles. The highest BCUT2D eigenvalue weighted by Gasteiger charge is 2.19. The molecule has 0 saturated carbocycles. The van der Waals surface area contributed by atoms with Crippen LogP contribution < -0.4 is 0 Å². The molecule has 0 N–H and O–H groups in total. The van der Waals surface area contributed by atoms with E-state index >= 15 is 0 Å². The van der Waals surface area contributed by atoms with Crippen LogP contribution in [-0.4, -0.2) is 37.2 Å². The smallest absolute Gasteiger partial charge is 0.306 e. The molecule has 6 heteroatoms. The van der Waals surface area contributed by atoms with Gasteiger partial charge in [-0.15, -0.1) is 0 Å². The molecule has 1 unspecified atom stereocenters. The zero-order valence-electron chi connectivity index (χ0n) is 52.4. The van der Waals surface area contributed by atoms with Crippen molar-refractivity contribution >= 4 is 17.9 Å². The van der Waals surface area contributed by atoms with Gasteiger partial charge in [-0.3, -0.25) is 14.4 Å². The highest BCUT2D eigenvalue weighted by atomic mass is 16.6. The van der Waals surface area contributed by atoms with Crippen LogP contribution in [0.5, 0.6) is 0 Å². The summed E-state index contributed by atoms with van der Waals surface area (Å²) in [7, 11) is 0. The van der Waals surface area contributed by atoms with Gasteiger partial charge in [0, 0.05) is 19.3 Å². The molecule has 0 spiro atoms. The van der Waals surface area contributed by atoms with Crippen LogP contribution in [0.3, 0.4) is 0 Å². The van der Waals surface area contributed by atoms with E-state index in [0.29, 0.717) is 19.3 Å². The quantitative estimate of drug-likeness (QED) is 0.0261. The molecule has 0 radical (unpaired) electrons. The Balaban J connectivity index is 4.38. The first kappa shape index (κ1) is 75.6. The molecule has 0 aromatic heterocycles. The number of unbranched alkanes of at least 4 members (excludes halogenated alkanes) is 37. The second-order valence-corrected chi connectivity index (χ2v) is 22.7. The van der Waals surface area contributed by atoms with Crippen LogP contribution in [0.15, 0.2) is 85.1 Å². The minimum absolute atomic E-state index is 0.0843. The molecule has 0 fully saturated rings. The van der Waals surface area contributed by atoms with E-state index in [4.69, 9.17) is 14.2 Å². The Labute approximate surface area is 490 Å². The Morgan fingerprint density at radius 2 is 0.494 bits per heavy atom. The third kappa shape index (κ3) is 65.3. The largest absolute Gasteiger partial charge is 0.462 e. The molecule has 0 aliphatic heterocycles. The van der Waals surface area contributed by atoms with Gasteiger partial charge in [-0.25, -0.2) is 0 Å². The summed E-state index contributed by atoms with van der Waals surface area (Å²) >= 11 is 0. The first-order valence-corrected chi connectivity index (χ1v) is 34.1. The Kier molecular flexibility index (Phi) is 64.2. The zero-order valence-corrected chi connectivity index (χ0v) is 52.4. The minimum atomic E-state index is -0.792. The number of hydrogen-bond acceptors (Lipinski definition) is 6. The van der Waals surface area contributed by atoms with E-state index in [1.165, 1.54) is 180 Å². The summed E-state index contributed by atoms with van der Waals surface area (Å²) in [5, 5.41) is 0. The van der Waals surface area contributed by atoms with Crippen molar-refractivity contribution in [2.24, 2.45) is 0 Å². The average Bonchev–Trinajstić information content (AvgIpc) is 3.45. The molecule has 0 aliphatic rings. The number of ether oxygens (including phenoxy) is 3. The lowest BCUT2D eigenvalue weighted by Gasteiger charge is -2.18. The summed E-state index contributed by atoms with van der Waals surface area (Å²) in [4.78, 5) is 38.4. The number of carbonyl (C=O) groups excluding carboxylic acids is 3. The van der Waals surface area contributed by atoms with Crippen LogP contribution in [-0.2, 0) is 28.6 Å². The van der Waals surface area contributed by atoms with Crippen molar-refractivity contribution in [2.75, 3.05) is 13.2 Å².